The number of hydrogen-bond acceptors (Lipinski definition) is 8. The van der Waals surface area contributed by atoms with E-state index in [-0.39, 0.29) is 10.7 Å². The summed E-state index contributed by atoms with van der Waals surface area (Å²) >= 11 is 0. The molecule has 1 saturated heterocycles. The molecule has 0 radical (unpaired) electrons. The first-order valence-corrected chi connectivity index (χ1v) is 12.0. The van der Waals surface area contributed by atoms with Crippen molar-refractivity contribution in [3.63, 3.8) is 0 Å². The monoisotopic (exact) mass is 467 g/mol. The predicted octanol–water partition coefficient (Wildman–Crippen LogP) is 3.37. The number of aromatic nitrogens is 2. The second kappa shape index (κ2) is 9.55. The van der Waals surface area contributed by atoms with E-state index in [9.17, 15) is 13.2 Å². The lowest BCUT2D eigenvalue weighted by Crippen LogP contribution is -2.37. The summed E-state index contributed by atoms with van der Waals surface area (Å²) in [6, 6.07) is 14.5. The number of nitrogens with zero attached hydrogens (tertiary/aromatic N) is 3. The van der Waals surface area contributed by atoms with Gasteiger partial charge in [0.15, 0.2) is 5.78 Å². The Morgan fingerprint density at radius 1 is 0.970 bits per heavy atom. The number of carbonyl (C=O) groups is 1. The van der Waals surface area contributed by atoms with E-state index >= 15 is 0 Å². The van der Waals surface area contributed by atoms with E-state index in [1.807, 2.05) is 13.0 Å². The minimum atomic E-state index is -3.77. The lowest BCUT2D eigenvalue weighted by Gasteiger charge is -2.27. The third-order valence-corrected chi connectivity index (χ3v) is 6.51. The number of carbonyl (C=O) groups excluding carboxylic acids is 1. The summed E-state index contributed by atoms with van der Waals surface area (Å²) in [6.45, 7) is 6.14. The maximum absolute atomic E-state index is 12.6. The first kappa shape index (κ1) is 22.7. The van der Waals surface area contributed by atoms with Gasteiger partial charge in [0.2, 0.25) is 5.95 Å². The number of anilines is 4. The zero-order valence-electron chi connectivity index (χ0n) is 18.4. The zero-order chi connectivity index (χ0) is 23.4. The Hall–Kier alpha value is -3.50. The summed E-state index contributed by atoms with van der Waals surface area (Å²) in [4.78, 5) is 22.7. The van der Waals surface area contributed by atoms with E-state index in [4.69, 9.17) is 4.74 Å². The summed E-state index contributed by atoms with van der Waals surface area (Å²) in [5.74, 6) is 1.19. The van der Waals surface area contributed by atoms with Gasteiger partial charge in [-0.25, -0.2) is 13.4 Å². The van der Waals surface area contributed by atoms with Crippen molar-refractivity contribution in [1.29, 1.82) is 0 Å². The van der Waals surface area contributed by atoms with Crippen LogP contribution in [-0.2, 0) is 14.8 Å². The van der Waals surface area contributed by atoms with Crippen LogP contribution in [0.2, 0.25) is 0 Å². The van der Waals surface area contributed by atoms with Crippen molar-refractivity contribution < 1.29 is 17.9 Å². The first-order valence-electron chi connectivity index (χ1n) is 10.5. The van der Waals surface area contributed by atoms with E-state index < -0.39 is 10.0 Å². The Morgan fingerprint density at radius 2 is 1.61 bits per heavy atom. The molecule has 172 valence electrons. The molecule has 2 aromatic carbocycles. The second-order valence-corrected chi connectivity index (χ2v) is 9.36. The van der Waals surface area contributed by atoms with Crippen molar-refractivity contribution in [2.45, 2.75) is 18.7 Å². The van der Waals surface area contributed by atoms with Gasteiger partial charge in [-0.2, -0.15) is 4.98 Å². The normalized spacial score (nSPS) is 14.1. The van der Waals surface area contributed by atoms with E-state index in [1.165, 1.54) is 31.2 Å². The van der Waals surface area contributed by atoms with Crippen molar-refractivity contribution in [2.24, 2.45) is 0 Å². The summed E-state index contributed by atoms with van der Waals surface area (Å²) < 4.78 is 33.2. The highest BCUT2D eigenvalue weighted by Gasteiger charge is 2.16. The van der Waals surface area contributed by atoms with Crippen molar-refractivity contribution in [1.82, 2.24) is 9.97 Å². The van der Waals surface area contributed by atoms with Crippen molar-refractivity contribution in [2.75, 3.05) is 41.2 Å². The minimum absolute atomic E-state index is 0.0850. The van der Waals surface area contributed by atoms with Crippen LogP contribution in [0.3, 0.4) is 0 Å². The Kier molecular flexibility index (Phi) is 6.57. The van der Waals surface area contributed by atoms with Crippen molar-refractivity contribution in [3.05, 3.63) is 65.9 Å². The van der Waals surface area contributed by atoms with Crippen LogP contribution in [0.4, 0.5) is 23.1 Å². The smallest absolute Gasteiger partial charge is 0.261 e. The number of aryl methyl sites for hydroxylation is 1. The third-order valence-electron chi connectivity index (χ3n) is 5.12. The number of Topliss-reactive ketones (excluding diaryl/α,β-unsaturated/α-hetero) is 1. The number of hydrogen-bond donors (Lipinski definition) is 2. The molecule has 33 heavy (non-hydrogen) atoms. The molecular weight excluding hydrogens is 442 g/mol. The fraction of sp³-hybridized carbons (Fsp3) is 0.261. The van der Waals surface area contributed by atoms with Crippen molar-refractivity contribution >= 4 is 38.9 Å². The lowest BCUT2D eigenvalue weighted by atomic mass is 10.2. The Bertz CT molecular complexity index is 1240. The molecule has 0 unspecified atom stereocenters. The van der Waals surface area contributed by atoms with Crippen LogP contribution in [-0.4, -0.2) is 50.5 Å². The molecule has 0 spiro atoms. The van der Waals surface area contributed by atoms with Crippen LogP contribution in [0.25, 0.3) is 0 Å². The van der Waals surface area contributed by atoms with Crippen LogP contribution in [0.15, 0.2) is 59.5 Å². The second-order valence-electron chi connectivity index (χ2n) is 7.68. The minimum Gasteiger partial charge on any atom is -0.378 e. The van der Waals surface area contributed by atoms with Gasteiger partial charge in [-0.1, -0.05) is 12.1 Å². The number of ketones is 1. The lowest BCUT2D eigenvalue weighted by molar-refractivity contribution is 0.101. The van der Waals surface area contributed by atoms with Crippen LogP contribution < -0.4 is 14.9 Å². The zero-order valence-corrected chi connectivity index (χ0v) is 19.2. The van der Waals surface area contributed by atoms with Gasteiger partial charge in [0.1, 0.15) is 5.82 Å². The van der Waals surface area contributed by atoms with E-state index in [2.05, 4.69) is 24.9 Å². The quantitative estimate of drug-likeness (QED) is 0.509. The topological polar surface area (TPSA) is 114 Å². The third kappa shape index (κ3) is 5.65. The van der Waals surface area contributed by atoms with Crippen LogP contribution in [0.5, 0.6) is 0 Å². The summed E-state index contributed by atoms with van der Waals surface area (Å²) in [7, 11) is -3.77. The van der Waals surface area contributed by atoms with Gasteiger partial charge in [0.25, 0.3) is 10.0 Å². The number of sulfonamides is 1. The molecule has 9 nitrogen and oxygen atoms in total. The van der Waals surface area contributed by atoms with Gasteiger partial charge in [0.05, 0.1) is 18.1 Å². The predicted molar refractivity (Wildman–Crippen MR) is 127 cm³/mol. The average molecular weight is 468 g/mol. The highest BCUT2D eigenvalue weighted by molar-refractivity contribution is 7.92. The highest BCUT2D eigenvalue weighted by Crippen LogP contribution is 2.22. The van der Waals surface area contributed by atoms with Gasteiger partial charge < -0.3 is 15.0 Å². The van der Waals surface area contributed by atoms with Gasteiger partial charge in [0, 0.05) is 41.8 Å². The van der Waals surface area contributed by atoms with E-state index in [0.717, 1.165) is 24.5 Å². The average Bonchev–Trinajstić information content (AvgIpc) is 2.80. The number of rotatable bonds is 7. The highest BCUT2D eigenvalue weighted by atomic mass is 32.2. The Labute approximate surface area is 192 Å². The molecule has 1 fully saturated rings. The standard InChI is InChI=1S/C23H25N5O4S/c1-16-15-22(26-23(24-16)28-11-13-32-14-12-28)25-19-5-7-20(8-6-19)27-33(30,31)21-9-3-18(4-10-21)17(2)29/h3-10,15,27H,11-14H2,1-2H3,(H,24,25,26). The SMILES string of the molecule is CC(=O)c1ccc(S(=O)(=O)Nc2ccc(Nc3cc(C)nc(N4CCOCC4)n3)cc2)cc1. The molecular formula is C23H25N5O4S. The van der Waals surface area contributed by atoms with Crippen LogP contribution in [0, 0.1) is 6.92 Å². The van der Waals surface area contributed by atoms with Crippen LogP contribution in [0.1, 0.15) is 23.0 Å². The molecule has 0 saturated carbocycles. The molecule has 10 heteroatoms. The molecule has 3 aromatic rings. The molecule has 0 atom stereocenters. The molecule has 2 heterocycles. The molecule has 1 aromatic heterocycles. The summed E-state index contributed by atoms with van der Waals surface area (Å²) in [5, 5.41) is 3.24. The Morgan fingerprint density at radius 3 is 2.24 bits per heavy atom. The molecule has 1 aliphatic rings. The fourth-order valence-electron chi connectivity index (χ4n) is 3.37. The number of benzene rings is 2. The van der Waals surface area contributed by atoms with Crippen molar-refractivity contribution in [3.8, 4) is 0 Å². The van der Waals surface area contributed by atoms with Crippen LogP contribution >= 0.6 is 0 Å². The number of morpholine rings is 1. The van der Waals surface area contributed by atoms with E-state index in [0.29, 0.717) is 36.2 Å². The summed E-state index contributed by atoms with van der Waals surface area (Å²) in [5.41, 5.74) is 2.48. The molecule has 0 amide bonds. The first-order chi connectivity index (χ1) is 15.8. The molecule has 0 bridgehead atoms. The van der Waals surface area contributed by atoms with Gasteiger partial charge >= 0.3 is 0 Å². The largest absolute Gasteiger partial charge is 0.378 e. The molecule has 1 aliphatic heterocycles. The maximum atomic E-state index is 12.6. The van der Waals surface area contributed by atoms with Gasteiger partial charge in [-0.05, 0) is 50.2 Å². The van der Waals surface area contributed by atoms with Gasteiger partial charge in [-0.3, -0.25) is 9.52 Å². The molecule has 4 rings (SSSR count). The fourth-order valence-corrected chi connectivity index (χ4v) is 4.43. The molecule has 2 N–H and O–H groups in total. The van der Waals surface area contributed by atoms with Gasteiger partial charge in [-0.15, -0.1) is 0 Å². The molecule has 0 aliphatic carbocycles. The Balaban J connectivity index is 1.45. The number of nitrogens with one attached hydrogen (secondary N) is 2. The summed E-state index contributed by atoms with van der Waals surface area (Å²) in [6.07, 6.45) is 0. The number of ether oxygens (including phenoxy) is 1. The van der Waals surface area contributed by atoms with E-state index in [1.54, 1.807) is 24.3 Å². The maximum Gasteiger partial charge on any atom is 0.261 e.